The highest BCUT2D eigenvalue weighted by atomic mass is 32.1. The molecule has 9 heteroatoms. The third kappa shape index (κ3) is 4.35. The van der Waals surface area contributed by atoms with Gasteiger partial charge >= 0.3 is 0 Å². The van der Waals surface area contributed by atoms with Crippen molar-refractivity contribution in [2.45, 2.75) is 31.2 Å². The molecular formula is C29H32N6O2S. The number of primary amides is 1. The van der Waals surface area contributed by atoms with Crippen molar-refractivity contribution in [2.24, 2.45) is 5.73 Å². The minimum absolute atomic E-state index is 0.228. The highest BCUT2D eigenvalue weighted by Gasteiger charge is 2.40. The van der Waals surface area contributed by atoms with Crippen LogP contribution in [0.15, 0.2) is 60.7 Å². The minimum atomic E-state index is -0.477. The zero-order chi connectivity index (χ0) is 26.3. The normalized spacial score (nSPS) is 17.7. The fourth-order valence-corrected chi connectivity index (χ4v) is 6.86. The van der Waals surface area contributed by atoms with Crippen molar-refractivity contribution in [3.05, 3.63) is 76.7 Å². The number of nitrogens with one attached hydrogen (secondary N) is 1. The Morgan fingerprint density at radius 2 is 1.66 bits per heavy atom. The summed E-state index contributed by atoms with van der Waals surface area (Å²) in [5.41, 5.74) is 8.21. The molecule has 1 aliphatic heterocycles. The number of aromatic nitrogens is 2. The van der Waals surface area contributed by atoms with E-state index in [0.717, 1.165) is 67.8 Å². The van der Waals surface area contributed by atoms with Gasteiger partial charge in [0.25, 0.3) is 11.8 Å². The molecule has 2 aliphatic rings. The number of carbonyl (C=O) groups is 2. The van der Waals surface area contributed by atoms with Gasteiger partial charge in [0.2, 0.25) is 0 Å². The first-order chi connectivity index (χ1) is 18.4. The largest absolute Gasteiger partial charge is 0.369 e. The molecule has 0 atom stereocenters. The van der Waals surface area contributed by atoms with Crippen LogP contribution in [-0.2, 0) is 5.54 Å². The third-order valence-corrected chi connectivity index (χ3v) is 9.11. The summed E-state index contributed by atoms with van der Waals surface area (Å²) in [4.78, 5) is 31.4. The zero-order valence-corrected chi connectivity index (χ0v) is 22.3. The Kier molecular flexibility index (Phi) is 6.41. The lowest BCUT2D eigenvalue weighted by Crippen LogP contribution is -2.44. The molecule has 1 saturated heterocycles. The molecule has 4 aromatic rings. The Labute approximate surface area is 226 Å². The number of nitrogens with zero attached hydrogens (tertiary/aromatic N) is 4. The van der Waals surface area contributed by atoms with E-state index in [0.29, 0.717) is 16.3 Å². The molecule has 3 N–H and O–H groups in total. The molecule has 1 saturated carbocycles. The Morgan fingerprint density at radius 1 is 0.974 bits per heavy atom. The molecule has 0 bridgehead atoms. The molecule has 3 heterocycles. The molecular weight excluding hydrogens is 496 g/mol. The quantitative estimate of drug-likeness (QED) is 0.384. The zero-order valence-electron chi connectivity index (χ0n) is 21.5. The van der Waals surface area contributed by atoms with Crippen LogP contribution in [0.25, 0.3) is 10.2 Å². The number of anilines is 2. The maximum Gasteiger partial charge on any atom is 0.258 e. The second-order valence-electron chi connectivity index (χ2n) is 10.4. The van der Waals surface area contributed by atoms with E-state index < -0.39 is 5.91 Å². The fraction of sp³-hybridized carbons (Fsp3) is 0.345. The number of hydrogen-bond acceptors (Lipinski definition) is 6. The molecule has 2 amide bonds. The van der Waals surface area contributed by atoms with E-state index in [9.17, 15) is 9.59 Å². The molecule has 1 aliphatic carbocycles. The fourth-order valence-electron chi connectivity index (χ4n) is 5.81. The molecule has 2 aromatic carbocycles. The predicted octanol–water partition coefficient (Wildman–Crippen LogP) is 4.52. The molecule has 196 valence electrons. The van der Waals surface area contributed by atoms with Gasteiger partial charge in [-0.2, -0.15) is 5.10 Å². The van der Waals surface area contributed by atoms with Crippen molar-refractivity contribution in [3.8, 4) is 0 Å². The number of thiophene rings is 1. The number of fused-ring (bicyclic) bond motifs is 1. The van der Waals surface area contributed by atoms with E-state index in [1.807, 2.05) is 47.1 Å². The van der Waals surface area contributed by atoms with E-state index in [-0.39, 0.29) is 11.4 Å². The van der Waals surface area contributed by atoms with E-state index >= 15 is 0 Å². The van der Waals surface area contributed by atoms with Crippen LogP contribution in [0.2, 0.25) is 0 Å². The number of amides is 2. The minimum Gasteiger partial charge on any atom is -0.369 e. The summed E-state index contributed by atoms with van der Waals surface area (Å²) in [7, 11) is 2.14. The molecule has 38 heavy (non-hydrogen) atoms. The number of carbonyl (C=O) groups excluding carboxylic acids is 2. The van der Waals surface area contributed by atoms with Crippen LogP contribution < -0.4 is 16.0 Å². The lowest BCUT2D eigenvalue weighted by Gasteiger charge is -2.34. The highest BCUT2D eigenvalue weighted by molar-refractivity contribution is 7.20. The van der Waals surface area contributed by atoms with Crippen LogP contribution in [0.4, 0.5) is 11.5 Å². The molecule has 8 nitrogen and oxygen atoms in total. The Bertz CT molecular complexity index is 1460. The van der Waals surface area contributed by atoms with Gasteiger partial charge in [0, 0.05) is 37.4 Å². The second kappa shape index (κ2) is 9.89. The van der Waals surface area contributed by atoms with Crippen LogP contribution in [0.1, 0.15) is 51.3 Å². The SMILES string of the molecule is CN1CCN(c2ccc(C(=O)Nc3nn(C4(c5ccccc5)CCCC4)c4sc(C(N)=O)cc34)cc2)CC1. The van der Waals surface area contributed by atoms with E-state index in [2.05, 4.69) is 34.3 Å². The van der Waals surface area contributed by atoms with Gasteiger partial charge in [-0.15, -0.1) is 11.3 Å². The molecule has 2 aromatic heterocycles. The number of rotatable bonds is 6. The van der Waals surface area contributed by atoms with Gasteiger partial charge in [0.1, 0.15) is 4.83 Å². The van der Waals surface area contributed by atoms with Crippen molar-refractivity contribution in [1.29, 1.82) is 0 Å². The van der Waals surface area contributed by atoms with Crippen LogP contribution in [0.5, 0.6) is 0 Å². The summed E-state index contributed by atoms with van der Waals surface area (Å²) in [6, 6.07) is 19.9. The molecule has 2 fully saturated rings. The van der Waals surface area contributed by atoms with Crippen molar-refractivity contribution in [3.63, 3.8) is 0 Å². The molecule has 0 radical (unpaired) electrons. The molecule has 0 unspecified atom stereocenters. The van der Waals surface area contributed by atoms with Crippen LogP contribution >= 0.6 is 11.3 Å². The van der Waals surface area contributed by atoms with Crippen LogP contribution in [0.3, 0.4) is 0 Å². The van der Waals surface area contributed by atoms with Gasteiger partial charge < -0.3 is 20.9 Å². The lowest BCUT2D eigenvalue weighted by atomic mass is 9.88. The van der Waals surface area contributed by atoms with E-state index in [1.54, 1.807) is 6.07 Å². The maximum atomic E-state index is 13.3. The summed E-state index contributed by atoms with van der Waals surface area (Å²) in [5.74, 6) is -0.248. The highest BCUT2D eigenvalue weighted by Crippen LogP contribution is 2.46. The van der Waals surface area contributed by atoms with E-state index in [1.165, 1.54) is 16.9 Å². The van der Waals surface area contributed by atoms with Gasteiger partial charge in [-0.25, -0.2) is 4.68 Å². The maximum absolute atomic E-state index is 13.3. The van der Waals surface area contributed by atoms with Crippen molar-refractivity contribution in [1.82, 2.24) is 14.7 Å². The van der Waals surface area contributed by atoms with Crippen LogP contribution in [-0.4, -0.2) is 59.7 Å². The van der Waals surface area contributed by atoms with Crippen molar-refractivity contribution >= 4 is 44.9 Å². The van der Waals surface area contributed by atoms with Gasteiger partial charge in [-0.1, -0.05) is 43.2 Å². The summed E-state index contributed by atoms with van der Waals surface area (Å²) < 4.78 is 2.04. The summed E-state index contributed by atoms with van der Waals surface area (Å²) in [6.07, 6.45) is 4.06. The first-order valence-electron chi connectivity index (χ1n) is 13.2. The Hall–Kier alpha value is -3.69. The Morgan fingerprint density at radius 3 is 2.32 bits per heavy atom. The first kappa shape index (κ1) is 24.6. The standard InChI is InChI=1S/C29H32N6O2S/c1-33-15-17-34(18-16-33)22-11-9-20(10-12-22)27(37)31-26-23-19-24(25(30)36)38-28(23)35(32-26)29(13-5-6-14-29)21-7-3-2-4-8-21/h2-4,7-12,19H,5-6,13-18H2,1H3,(H2,30,36)(H,31,32,37). The summed E-state index contributed by atoms with van der Waals surface area (Å²) in [5, 5.41) is 8.75. The van der Waals surface area contributed by atoms with Gasteiger partial charge in [0.05, 0.1) is 15.8 Å². The average molecular weight is 529 g/mol. The lowest BCUT2D eigenvalue weighted by molar-refractivity contribution is 0.100. The van der Waals surface area contributed by atoms with Gasteiger partial charge in [-0.3, -0.25) is 9.59 Å². The number of piperazine rings is 1. The Balaban J connectivity index is 1.33. The number of hydrogen-bond donors (Lipinski definition) is 2. The van der Waals surface area contributed by atoms with Crippen molar-refractivity contribution < 1.29 is 9.59 Å². The monoisotopic (exact) mass is 528 g/mol. The van der Waals surface area contributed by atoms with Gasteiger partial charge in [-0.05, 0) is 55.8 Å². The molecule has 0 spiro atoms. The summed E-state index contributed by atoms with van der Waals surface area (Å²) in [6.45, 7) is 4.00. The number of benzene rings is 2. The average Bonchev–Trinajstić information content (AvgIpc) is 3.67. The van der Waals surface area contributed by atoms with Crippen LogP contribution in [0, 0.1) is 0 Å². The smallest absolute Gasteiger partial charge is 0.258 e. The predicted molar refractivity (Wildman–Crippen MR) is 152 cm³/mol. The number of nitrogens with two attached hydrogens (primary N) is 1. The number of likely N-dealkylation sites (N-methyl/N-ethyl adjacent to an activating group) is 1. The first-order valence-corrected chi connectivity index (χ1v) is 14.0. The second-order valence-corrected chi connectivity index (χ2v) is 11.4. The van der Waals surface area contributed by atoms with Crippen molar-refractivity contribution in [2.75, 3.05) is 43.4 Å². The molecule has 6 rings (SSSR count). The van der Waals surface area contributed by atoms with E-state index in [4.69, 9.17) is 10.8 Å². The third-order valence-electron chi connectivity index (χ3n) is 7.98. The summed E-state index contributed by atoms with van der Waals surface area (Å²) >= 11 is 1.34. The van der Waals surface area contributed by atoms with Gasteiger partial charge in [0.15, 0.2) is 5.82 Å². The topological polar surface area (TPSA) is 96.5 Å².